The number of carbonyl (C=O) groups is 1. The van der Waals surface area contributed by atoms with E-state index in [1.54, 1.807) is 18.2 Å². The average molecular weight is 386 g/mol. The Hall–Kier alpha value is -3.86. The number of hydrogen-bond donors (Lipinski definition) is 1. The Kier molecular flexibility index (Phi) is 5.12. The van der Waals surface area contributed by atoms with Crippen LogP contribution in [0.2, 0.25) is 0 Å². The average Bonchev–Trinajstić information content (AvgIpc) is 2.72. The van der Waals surface area contributed by atoms with Crippen LogP contribution in [0.3, 0.4) is 0 Å². The standard InChI is InChI=1S/C24H18O5/c25-23(26)12-16-6-8-17(9-7-16)15-28-19-10-11-20-21(18-4-2-1-3-5-18)14-24(27)29-22(20)13-19/h1-11,13-14H,12,15H2,(H,25,26). The van der Waals surface area contributed by atoms with Crippen LogP contribution in [0.15, 0.2) is 88.1 Å². The van der Waals surface area contributed by atoms with Gasteiger partial charge in [0.2, 0.25) is 0 Å². The maximum absolute atomic E-state index is 12.0. The van der Waals surface area contributed by atoms with Gasteiger partial charge in [0.1, 0.15) is 17.9 Å². The fourth-order valence-corrected chi connectivity index (χ4v) is 3.18. The summed E-state index contributed by atoms with van der Waals surface area (Å²) >= 11 is 0. The van der Waals surface area contributed by atoms with Gasteiger partial charge in [-0.2, -0.15) is 0 Å². The maximum Gasteiger partial charge on any atom is 0.336 e. The van der Waals surface area contributed by atoms with E-state index >= 15 is 0 Å². The normalized spacial score (nSPS) is 10.8. The predicted octanol–water partition coefficient (Wildman–Crippen LogP) is 4.67. The van der Waals surface area contributed by atoms with Crippen LogP contribution >= 0.6 is 0 Å². The molecule has 1 heterocycles. The van der Waals surface area contributed by atoms with Crippen LogP contribution in [0, 0.1) is 0 Å². The highest BCUT2D eigenvalue weighted by molar-refractivity contribution is 5.93. The Morgan fingerprint density at radius 2 is 1.62 bits per heavy atom. The molecular weight excluding hydrogens is 368 g/mol. The molecule has 0 unspecified atom stereocenters. The first-order valence-electron chi connectivity index (χ1n) is 9.14. The minimum atomic E-state index is -0.860. The van der Waals surface area contributed by atoms with Gasteiger partial charge < -0.3 is 14.3 Å². The van der Waals surface area contributed by atoms with Crippen molar-refractivity contribution in [2.75, 3.05) is 0 Å². The summed E-state index contributed by atoms with van der Waals surface area (Å²) in [5, 5.41) is 9.67. The molecule has 0 fully saturated rings. The maximum atomic E-state index is 12.0. The molecule has 0 radical (unpaired) electrons. The van der Waals surface area contributed by atoms with E-state index in [1.807, 2.05) is 54.6 Å². The zero-order valence-electron chi connectivity index (χ0n) is 15.5. The molecule has 0 aliphatic carbocycles. The van der Waals surface area contributed by atoms with Crippen molar-refractivity contribution >= 4 is 16.9 Å². The molecule has 0 spiro atoms. The van der Waals surface area contributed by atoms with Gasteiger partial charge in [0.05, 0.1) is 6.42 Å². The van der Waals surface area contributed by atoms with Gasteiger partial charge in [-0.3, -0.25) is 4.79 Å². The number of hydrogen-bond acceptors (Lipinski definition) is 4. The quantitative estimate of drug-likeness (QED) is 0.488. The van der Waals surface area contributed by atoms with Crippen LogP contribution < -0.4 is 10.4 Å². The van der Waals surface area contributed by atoms with Crippen molar-refractivity contribution in [3.63, 3.8) is 0 Å². The molecule has 0 aliphatic rings. The summed E-state index contributed by atoms with van der Waals surface area (Å²) in [5.74, 6) is -0.276. The highest BCUT2D eigenvalue weighted by atomic mass is 16.5. The van der Waals surface area contributed by atoms with Crippen LogP contribution in [-0.2, 0) is 17.8 Å². The number of benzene rings is 3. The van der Waals surface area contributed by atoms with Crippen LogP contribution in [0.5, 0.6) is 5.75 Å². The summed E-state index contributed by atoms with van der Waals surface area (Å²) in [6.45, 7) is 0.321. The van der Waals surface area contributed by atoms with Crippen molar-refractivity contribution in [3.05, 3.63) is 100 Å². The summed E-state index contributed by atoms with van der Waals surface area (Å²) < 4.78 is 11.2. The van der Waals surface area contributed by atoms with E-state index < -0.39 is 11.6 Å². The van der Waals surface area contributed by atoms with E-state index in [9.17, 15) is 9.59 Å². The number of ether oxygens (including phenoxy) is 1. The van der Waals surface area contributed by atoms with Crippen LogP contribution in [-0.4, -0.2) is 11.1 Å². The molecule has 1 N–H and O–H groups in total. The summed E-state index contributed by atoms with van der Waals surface area (Å²) in [7, 11) is 0. The molecule has 3 aromatic carbocycles. The van der Waals surface area contributed by atoms with Crippen molar-refractivity contribution in [3.8, 4) is 16.9 Å². The lowest BCUT2D eigenvalue weighted by molar-refractivity contribution is -0.136. The van der Waals surface area contributed by atoms with E-state index in [2.05, 4.69) is 0 Å². The van der Waals surface area contributed by atoms with E-state index in [1.165, 1.54) is 6.07 Å². The topological polar surface area (TPSA) is 76.7 Å². The van der Waals surface area contributed by atoms with Crippen molar-refractivity contribution in [2.24, 2.45) is 0 Å². The van der Waals surface area contributed by atoms with Gasteiger partial charge in [0, 0.05) is 17.5 Å². The van der Waals surface area contributed by atoms with Crippen LogP contribution in [0.1, 0.15) is 11.1 Å². The first-order chi connectivity index (χ1) is 14.1. The molecule has 4 rings (SSSR count). The largest absolute Gasteiger partial charge is 0.489 e. The molecule has 0 amide bonds. The lowest BCUT2D eigenvalue weighted by Crippen LogP contribution is -2.01. The molecule has 0 aliphatic heterocycles. The van der Waals surface area contributed by atoms with Crippen molar-refractivity contribution < 1.29 is 19.1 Å². The molecule has 4 aromatic rings. The molecule has 1 aromatic heterocycles. The number of aliphatic carboxylic acids is 1. The Balaban J connectivity index is 1.56. The van der Waals surface area contributed by atoms with E-state index in [4.69, 9.17) is 14.3 Å². The second-order valence-electron chi connectivity index (χ2n) is 6.68. The van der Waals surface area contributed by atoms with Crippen molar-refractivity contribution in [2.45, 2.75) is 13.0 Å². The van der Waals surface area contributed by atoms with E-state index in [0.717, 1.165) is 27.6 Å². The molecule has 0 bridgehead atoms. The summed E-state index contributed by atoms with van der Waals surface area (Å²) in [4.78, 5) is 22.8. The zero-order chi connectivity index (χ0) is 20.2. The SMILES string of the molecule is O=C(O)Cc1ccc(COc2ccc3c(-c4ccccc4)cc(=O)oc3c2)cc1. The predicted molar refractivity (Wildman–Crippen MR) is 110 cm³/mol. The Labute approximate surface area is 166 Å². The van der Waals surface area contributed by atoms with Gasteiger partial charge in [-0.1, -0.05) is 54.6 Å². The minimum absolute atomic E-state index is 0.00536. The highest BCUT2D eigenvalue weighted by Crippen LogP contribution is 2.29. The molecule has 5 heteroatoms. The number of carboxylic acids is 1. The fourth-order valence-electron chi connectivity index (χ4n) is 3.18. The summed E-state index contributed by atoms with van der Waals surface area (Å²) in [6.07, 6.45) is -0.00536. The Morgan fingerprint density at radius 1 is 0.897 bits per heavy atom. The van der Waals surface area contributed by atoms with Gasteiger partial charge >= 0.3 is 11.6 Å². The van der Waals surface area contributed by atoms with E-state index in [-0.39, 0.29) is 6.42 Å². The Morgan fingerprint density at radius 3 is 2.34 bits per heavy atom. The molecule has 0 saturated carbocycles. The third-order valence-electron chi connectivity index (χ3n) is 4.58. The molecule has 29 heavy (non-hydrogen) atoms. The summed E-state index contributed by atoms with van der Waals surface area (Å²) in [5.41, 5.74) is 3.46. The first kappa shape index (κ1) is 18.5. The molecule has 0 atom stereocenters. The first-order valence-corrected chi connectivity index (χ1v) is 9.14. The number of fused-ring (bicyclic) bond motifs is 1. The third kappa shape index (κ3) is 4.35. The highest BCUT2D eigenvalue weighted by Gasteiger charge is 2.09. The third-order valence-corrected chi connectivity index (χ3v) is 4.58. The van der Waals surface area contributed by atoms with Crippen molar-refractivity contribution in [1.82, 2.24) is 0 Å². The van der Waals surface area contributed by atoms with Gasteiger partial charge in [-0.15, -0.1) is 0 Å². The smallest absolute Gasteiger partial charge is 0.336 e. The number of rotatable bonds is 6. The van der Waals surface area contributed by atoms with Gasteiger partial charge in [0.25, 0.3) is 0 Å². The zero-order valence-corrected chi connectivity index (χ0v) is 15.5. The van der Waals surface area contributed by atoms with Crippen LogP contribution in [0.4, 0.5) is 0 Å². The Bertz CT molecular complexity index is 1210. The van der Waals surface area contributed by atoms with Crippen molar-refractivity contribution in [1.29, 1.82) is 0 Å². The molecule has 5 nitrogen and oxygen atoms in total. The minimum Gasteiger partial charge on any atom is -0.489 e. The van der Waals surface area contributed by atoms with Gasteiger partial charge in [-0.05, 0) is 34.4 Å². The fraction of sp³-hybridized carbons (Fsp3) is 0.0833. The number of carboxylic acid groups (broad SMARTS) is 1. The van der Waals surface area contributed by atoms with E-state index in [0.29, 0.717) is 17.9 Å². The lowest BCUT2D eigenvalue weighted by atomic mass is 10.0. The second kappa shape index (κ2) is 8.02. The molecule has 144 valence electrons. The second-order valence-corrected chi connectivity index (χ2v) is 6.68. The van der Waals surface area contributed by atoms with Crippen LogP contribution in [0.25, 0.3) is 22.1 Å². The lowest BCUT2D eigenvalue weighted by Gasteiger charge is -2.09. The van der Waals surface area contributed by atoms with Gasteiger partial charge in [-0.25, -0.2) is 4.79 Å². The molecule has 0 saturated heterocycles. The van der Waals surface area contributed by atoms with Gasteiger partial charge in [0.15, 0.2) is 0 Å². The molecular formula is C24H18O5. The summed E-state index contributed by atoms with van der Waals surface area (Å²) in [6, 6.07) is 23.8. The monoisotopic (exact) mass is 386 g/mol.